The van der Waals surface area contributed by atoms with Crippen molar-refractivity contribution in [2.24, 2.45) is 0 Å². The number of esters is 1. The molecule has 0 amide bonds. The number of H-pyrrole nitrogens is 1. The Labute approximate surface area is 158 Å². The van der Waals surface area contributed by atoms with Crippen LogP contribution in [0.1, 0.15) is 64.4 Å². The number of hydrogen-bond donors (Lipinski definition) is 1. The molecule has 0 aliphatic carbocycles. The largest absolute Gasteiger partial charge is 0.482 e. The van der Waals surface area contributed by atoms with Crippen molar-refractivity contribution in [1.82, 2.24) is 4.98 Å². The van der Waals surface area contributed by atoms with Crippen molar-refractivity contribution in [3.63, 3.8) is 0 Å². The quantitative estimate of drug-likeness (QED) is 0.564. The molecule has 0 saturated heterocycles. The molecule has 0 bridgehead atoms. The summed E-state index contributed by atoms with van der Waals surface area (Å²) in [7, 11) is 0. The summed E-state index contributed by atoms with van der Waals surface area (Å²) < 4.78 is 10.6. The first-order chi connectivity index (χ1) is 12.7. The Kier molecular flexibility index (Phi) is 6.55. The maximum atomic E-state index is 12.3. The molecule has 0 radical (unpaired) electrons. The molecule has 2 rings (SSSR count). The van der Waals surface area contributed by atoms with E-state index in [-0.39, 0.29) is 29.8 Å². The molecule has 1 aromatic heterocycles. The van der Waals surface area contributed by atoms with Gasteiger partial charge in [-0.3, -0.25) is 9.59 Å². The SMILES string of the molecule is CC(=O)c1c(C)[nH]c(C(=O)COC(=O)COc2ccccc2C(C)C)c1C. The van der Waals surface area contributed by atoms with Gasteiger partial charge in [-0.25, -0.2) is 4.79 Å². The zero-order chi connectivity index (χ0) is 20.1. The fourth-order valence-electron chi connectivity index (χ4n) is 3.04. The van der Waals surface area contributed by atoms with Gasteiger partial charge in [-0.1, -0.05) is 32.0 Å². The van der Waals surface area contributed by atoms with Crippen LogP contribution in [0.4, 0.5) is 0 Å². The zero-order valence-electron chi connectivity index (χ0n) is 16.3. The lowest BCUT2D eigenvalue weighted by atomic mass is 10.0. The van der Waals surface area contributed by atoms with Gasteiger partial charge in [0.05, 0.1) is 5.69 Å². The van der Waals surface area contributed by atoms with Gasteiger partial charge < -0.3 is 14.5 Å². The minimum absolute atomic E-state index is 0.116. The molecular weight excluding hydrogens is 346 g/mol. The maximum absolute atomic E-state index is 12.3. The van der Waals surface area contributed by atoms with E-state index in [1.165, 1.54) is 6.92 Å². The fourth-order valence-corrected chi connectivity index (χ4v) is 3.04. The average Bonchev–Trinajstić information content (AvgIpc) is 2.92. The number of benzene rings is 1. The number of ketones is 2. The van der Waals surface area contributed by atoms with Crippen molar-refractivity contribution in [1.29, 1.82) is 0 Å². The van der Waals surface area contributed by atoms with Crippen molar-refractivity contribution in [3.8, 4) is 5.75 Å². The first-order valence-electron chi connectivity index (χ1n) is 8.83. The predicted octanol–water partition coefficient (Wildman–Crippen LogP) is 3.76. The number of carbonyl (C=O) groups is 3. The normalized spacial score (nSPS) is 10.7. The molecule has 1 heterocycles. The monoisotopic (exact) mass is 371 g/mol. The molecular formula is C21H25NO5. The molecule has 144 valence electrons. The van der Waals surface area contributed by atoms with E-state index in [2.05, 4.69) is 4.98 Å². The Morgan fingerprint density at radius 3 is 2.33 bits per heavy atom. The molecule has 0 fully saturated rings. The van der Waals surface area contributed by atoms with Crippen LogP contribution in [0.2, 0.25) is 0 Å². The van der Waals surface area contributed by atoms with Gasteiger partial charge in [0.15, 0.2) is 19.0 Å². The van der Waals surface area contributed by atoms with Gasteiger partial charge in [0, 0.05) is 11.3 Å². The van der Waals surface area contributed by atoms with Crippen molar-refractivity contribution < 1.29 is 23.9 Å². The number of Topliss-reactive ketones (excluding diaryl/α,β-unsaturated/α-hetero) is 2. The summed E-state index contributed by atoms with van der Waals surface area (Å²) in [6, 6.07) is 7.48. The van der Waals surface area contributed by atoms with Crippen LogP contribution in [0.15, 0.2) is 24.3 Å². The second-order valence-electron chi connectivity index (χ2n) is 6.75. The Bertz CT molecular complexity index is 863. The number of hydrogen-bond acceptors (Lipinski definition) is 5. The molecule has 0 saturated carbocycles. The summed E-state index contributed by atoms with van der Waals surface area (Å²) >= 11 is 0. The van der Waals surface area contributed by atoms with Crippen LogP contribution in [0.25, 0.3) is 0 Å². The van der Waals surface area contributed by atoms with Crippen molar-refractivity contribution in [2.75, 3.05) is 13.2 Å². The summed E-state index contributed by atoms with van der Waals surface area (Å²) in [5.74, 6) is -0.255. The van der Waals surface area contributed by atoms with Crippen LogP contribution in [-0.4, -0.2) is 35.7 Å². The number of carbonyl (C=O) groups excluding carboxylic acids is 3. The smallest absolute Gasteiger partial charge is 0.344 e. The second kappa shape index (κ2) is 8.66. The van der Waals surface area contributed by atoms with Crippen molar-refractivity contribution in [2.45, 2.75) is 40.5 Å². The molecule has 0 spiro atoms. The number of nitrogens with one attached hydrogen (secondary N) is 1. The van der Waals surface area contributed by atoms with E-state index in [9.17, 15) is 14.4 Å². The lowest BCUT2D eigenvalue weighted by Crippen LogP contribution is -2.20. The third-order valence-corrected chi connectivity index (χ3v) is 4.32. The van der Waals surface area contributed by atoms with Crippen LogP contribution in [0.3, 0.4) is 0 Å². The zero-order valence-corrected chi connectivity index (χ0v) is 16.3. The van der Waals surface area contributed by atoms with E-state index in [4.69, 9.17) is 9.47 Å². The Morgan fingerprint density at radius 2 is 1.74 bits per heavy atom. The summed E-state index contributed by atoms with van der Waals surface area (Å²) in [6.07, 6.45) is 0. The molecule has 0 aliphatic heterocycles. The average molecular weight is 371 g/mol. The van der Waals surface area contributed by atoms with Crippen LogP contribution in [0, 0.1) is 13.8 Å². The predicted molar refractivity (Wildman–Crippen MR) is 102 cm³/mol. The third-order valence-electron chi connectivity index (χ3n) is 4.32. The molecule has 2 aromatic rings. The van der Waals surface area contributed by atoms with E-state index in [1.807, 2.05) is 32.0 Å². The fraction of sp³-hybridized carbons (Fsp3) is 0.381. The van der Waals surface area contributed by atoms with Crippen LogP contribution in [0.5, 0.6) is 5.75 Å². The molecule has 27 heavy (non-hydrogen) atoms. The highest BCUT2D eigenvalue weighted by Gasteiger charge is 2.21. The number of aryl methyl sites for hydroxylation is 1. The minimum Gasteiger partial charge on any atom is -0.482 e. The van der Waals surface area contributed by atoms with Gasteiger partial charge in [0.1, 0.15) is 5.75 Å². The first-order valence-corrected chi connectivity index (χ1v) is 8.83. The standard InChI is InChI=1S/C21H25NO5/c1-12(2)16-8-6-7-9-18(16)26-11-19(25)27-10-17(24)21-13(3)20(15(5)23)14(4)22-21/h6-9,12,22H,10-11H2,1-5H3. The van der Waals surface area contributed by atoms with Crippen LogP contribution in [-0.2, 0) is 9.53 Å². The van der Waals surface area contributed by atoms with Gasteiger partial charge in [-0.2, -0.15) is 0 Å². The van der Waals surface area contributed by atoms with Gasteiger partial charge in [-0.05, 0) is 43.9 Å². The van der Waals surface area contributed by atoms with E-state index in [1.54, 1.807) is 19.9 Å². The molecule has 1 N–H and O–H groups in total. The lowest BCUT2D eigenvalue weighted by molar-refractivity contribution is -0.144. The van der Waals surface area contributed by atoms with E-state index in [0.717, 1.165) is 5.56 Å². The maximum Gasteiger partial charge on any atom is 0.344 e. The summed E-state index contributed by atoms with van der Waals surface area (Å²) in [5.41, 5.74) is 2.98. The van der Waals surface area contributed by atoms with Gasteiger partial charge in [-0.15, -0.1) is 0 Å². The highest BCUT2D eigenvalue weighted by molar-refractivity contribution is 6.04. The molecule has 0 aliphatic rings. The number of aromatic nitrogens is 1. The van der Waals surface area contributed by atoms with Crippen LogP contribution >= 0.6 is 0 Å². The highest BCUT2D eigenvalue weighted by atomic mass is 16.6. The van der Waals surface area contributed by atoms with Crippen molar-refractivity contribution in [3.05, 3.63) is 52.3 Å². The molecule has 0 atom stereocenters. The molecule has 1 aromatic carbocycles. The topological polar surface area (TPSA) is 85.5 Å². The Balaban J connectivity index is 1.94. The molecule has 6 heteroatoms. The Morgan fingerprint density at radius 1 is 1.07 bits per heavy atom. The summed E-state index contributed by atoms with van der Waals surface area (Å²) in [4.78, 5) is 38.8. The van der Waals surface area contributed by atoms with E-state index < -0.39 is 12.6 Å². The van der Waals surface area contributed by atoms with Gasteiger partial charge in [0.25, 0.3) is 0 Å². The summed E-state index contributed by atoms with van der Waals surface area (Å²) in [6.45, 7) is 8.26. The lowest BCUT2D eigenvalue weighted by Gasteiger charge is -2.13. The minimum atomic E-state index is -0.630. The molecule has 6 nitrogen and oxygen atoms in total. The Hall–Kier alpha value is -2.89. The van der Waals surface area contributed by atoms with E-state index >= 15 is 0 Å². The summed E-state index contributed by atoms with van der Waals surface area (Å²) in [5, 5.41) is 0. The van der Waals surface area contributed by atoms with Gasteiger partial charge >= 0.3 is 5.97 Å². The number of para-hydroxylation sites is 1. The molecule has 0 unspecified atom stereocenters. The van der Waals surface area contributed by atoms with E-state index in [0.29, 0.717) is 22.6 Å². The first kappa shape index (κ1) is 20.4. The van der Waals surface area contributed by atoms with Gasteiger partial charge in [0.2, 0.25) is 5.78 Å². The van der Waals surface area contributed by atoms with Crippen molar-refractivity contribution >= 4 is 17.5 Å². The number of aromatic amines is 1. The number of ether oxygens (including phenoxy) is 2. The second-order valence-corrected chi connectivity index (χ2v) is 6.75. The highest BCUT2D eigenvalue weighted by Crippen LogP contribution is 2.25. The van der Waals surface area contributed by atoms with Crippen LogP contribution < -0.4 is 4.74 Å². The number of rotatable bonds is 8. The third kappa shape index (κ3) is 4.84.